The Hall–Kier alpha value is -2.99. The number of nitrogens with one attached hydrogen (secondary N) is 2. The van der Waals surface area contributed by atoms with Gasteiger partial charge in [-0.05, 0) is 30.3 Å². The van der Waals surface area contributed by atoms with Crippen LogP contribution in [0.25, 0.3) is 0 Å². The van der Waals surface area contributed by atoms with Crippen molar-refractivity contribution in [2.24, 2.45) is 0 Å². The largest absolute Gasteiger partial charge is 0.360 e. The van der Waals surface area contributed by atoms with Crippen LogP contribution in [0.4, 0.5) is 11.4 Å². The number of rotatable bonds is 4. The van der Waals surface area contributed by atoms with Gasteiger partial charge in [-0.1, -0.05) is 35.3 Å². The van der Waals surface area contributed by atoms with Gasteiger partial charge in [-0.3, -0.25) is 4.79 Å². The van der Waals surface area contributed by atoms with Crippen LogP contribution in [0.15, 0.2) is 54.2 Å². The van der Waals surface area contributed by atoms with Gasteiger partial charge < -0.3 is 10.6 Å². The van der Waals surface area contributed by atoms with Crippen LogP contribution in [0, 0.1) is 22.7 Å². The average molecular weight is 357 g/mol. The van der Waals surface area contributed by atoms with Gasteiger partial charge in [0.15, 0.2) is 0 Å². The normalized spacial score (nSPS) is 10.4. The molecule has 5 nitrogen and oxygen atoms in total. The molecule has 24 heavy (non-hydrogen) atoms. The molecule has 118 valence electrons. The van der Waals surface area contributed by atoms with Crippen molar-refractivity contribution < 1.29 is 4.79 Å². The van der Waals surface area contributed by atoms with E-state index in [1.807, 2.05) is 6.07 Å². The smallest absolute Gasteiger partial charge is 0.267 e. The Balaban J connectivity index is 2.17. The predicted molar refractivity (Wildman–Crippen MR) is 93.6 cm³/mol. The minimum atomic E-state index is -0.638. The summed E-state index contributed by atoms with van der Waals surface area (Å²) in [5.41, 5.74) is 0.999. The third-order valence-electron chi connectivity index (χ3n) is 2.91. The molecule has 2 aromatic carbocycles. The van der Waals surface area contributed by atoms with E-state index in [0.29, 0.717) is 27.0 Å². The predicted octanol–water partition coefficient (Wildman–Crippen LogP) is 4.32. The zero-order valence-corrected chi connectivity index (χ0v) is 13.7. The number of carbonyl (C=O) groups excluding carboxylic acids is 1. The highest BCUT2D eigenvalue weighted by Gasteiger charge is 2.11. The monoisotopic (exact) mass is 356 g/mol. The highest BCUT2D eigenvalue weighted by Crippen LogP contribution is 2.22. The molecule has 0 bridgehead atoms. The van der Waals surface area contributed by atoms with E-state index in [2.05, 4.69) is 10.6 Å². The van der Waals surface area contributed by atoms with Gasteiger partial charge in [0.25, 0.3) is 5.91 Å². The van der Waals surface area contributed by atoms with Crippen molar-refractivity contribution >= 4 is 40.5 Å². The first-order valence-corrected chi connectivity index (χ1v) is 7.42. The molecule has 0 saturated heterocycles. The second-order valence-corrected chi connectivity index (χ2v) is 5.46. The summed E-state index contributed by atoms with van der Waals surface area (Å²) in [5, 5.41) is 24.3. The van der Waals surface area contributed by atoms with Crippen molar-refractivity contribution in [3.05, 3.63) is 69.8 Å². The summed E-state index contributed by atoms with van der Waals surface area (Å²) in [4.78, 5) is 12.2. The Morgan fingerprint density at radius 3 is 2.38 bits per heavy atom. The number of carbonyl (C=O) groups is 1. The topological polar surface area (TPSA) is 88.7 Å². The number of amides is 1. The standard InChI is InChI=1S/C17H10Cl2N4O/c18-13-5-14(19)7-15(6-13)22-10-12(9-21)17(24)23-16-4-2-1-3-11(16)8-20/h1-7,10,22H,(H,23,24)/b12-10-. The molecule has 0 aliphatic heterocycles. The number of nitriles is 2. The fourth-order valence-electron chi connectivity index (χ4n) is 1.82. The van der Waals surface area contributed by atoms with Crippen LogP contribution in [0.1, 0.15) is 5.56 Å². The molecule has 0 spiro atoms. The Morgan fingerprint density at radius 2 is 1.75 bits per heavy atom. The molecule has 0 saturated carbocycles. The lowest BCUT2D eigenvalue weighted by atomic mass is 10.2. The number of hydrogen-bond donors (Lipinski definition) is 2. The van der Waals surface area contributed by atoms with Crippen molar-refractivity contribution in [1.82, 2.24) is 0 Å². The van der Waals surface area contributed by atoms with Gasteiger partial charge in [0, 0.05) is 21.9 Å². The molecule has 0 unspecified atom stereocenters. The minimum Gasteiger partial charge on any atom is -0.360 e. The summed E-state index contributed by atoms with van der Waals surface area (Å²) in [6, 6.07) is 15.0. The SMILES string of the molecule is N#C/C(=C/Nc1cc(Cl)cc(Cl)c1)C(=O)Nc1ccccc1C#N. The lowest BCUT2D eigenvalue weighted by molar-refractivity contribution is -0.112. The summed E-state index contributed by atoms with van der Waals surface area (Å²) in [6.07, 6.45) is 1.24. The second kappa shape index (κ2) is 8.03. The van der Waals surface area contributed by atoms with Crippen LogP contribution >= 0.6 is 23.2 Å². The quantitative estimate of drug-likeness (QED) is 0.630. The second-order valence-electron chi connectivity index (χ2n) is 4.58. The van der Waals surface area contributed by atoms with Crippen LogP contribution in [0.3, 0.4) is 0 Å². The van der Waals surface area contributed by atoms with E-state index in [9.17, 15) is 4.79 Å². The zero-order valence-electron chi connectivity index (χ0n) is 12.2. The first-order chi connectivity index (χ1) is 11.5. The molecule has 0 radical (unpaired) electrons. The van der Waals surface area contributed by atoms with Crippen LogP contribution in [0.5, 0.6) is 0 Å². The van der Waals surface area contributed by atoms with Crippen LogP contribution < -0.4 is 10.6 Å². The summed E-state index contributed by atoms with van der Waals surface area (Å²) >= 11 is 11.8. The number of para-hydroxylation sites is 1. The van der Waals surface area contributed by atoms with E-state index < -0.39 is 5.91 Å². The molecule has 2 aromatic rings. The molecule has 0 fully saturated rings. The fraction of sp³-hybridized carbons (Fsp3) is 0. The molecule has 0 atom stereocenters. The molecule has 0 aromatic heterocycles. The number of benzene rings is 2. The van der Waals surface area contributed by atoms with Gasteiger partial charge >= 0.3 is 0 Å². The zero-order chi connectivity index (χ0) is 17.5. The molecule has 2 rings (SSSR count). The molecule has 2 N–H and O–H groups in total. The summed E-state index contributed by atoms with van der Waals surface area (Å²) < 4.78 is 0. The molecule has 0 aliphatic rings. The lowest BCUT2D eigenvalue weighted by Crippen LogP contribution is -2.15. The number of nitrogens with zero attached hydrogens (tertiary/aromatic N) is 2. The number of halogens is 2. The van der Waals surface area contributed by atoms with E-state index in [0.717, 1.165) is 0 Å². The van der Waals surface area contributed by atoms with Crippen molar-refractivity contribution in [2.45, 2.75) is 0 Å². The maximum Gasteiger partial charge on any atom is 0.267 e. The first-order valence-electron chi connectivity index (χ1n) is 6.67. The third kappa shape index (κ3) is 4.50. The van der Waals surface area contributed by atoms with Gasteiger partial charge in [0.2, 0.25) is 0 Å². The van der Waals surface area contributed by atoms with Gasteiger partial charge in [-0.15, -0.1) is 0 Å². The van der Waals surface area contributed by atoms with Gasteiger partial charge in [-0.25, -0.2) is 0 Å². The Bertz CT molecular complexity index is 874. The van der Waals surface area contributed by atoms with Crippen molar-refractivity contribution in [2.75, 3.05) is 10.6 Å². The Morgan fingerprint density at radius 1 is 1.08 bits per heavy atom. The number of anilines is 2. The first kappa shape index (κ1) is 17.4. The van der Waals surface area contributed by atoms with Gasteiger partial charge in [0.05, 0.1) is 11.3 Å². The summed E-state index contributed by atoms with van der Waals surface area (Å²) in [7, 11) is 0. The highest BCUT2D eigenvalue weighted by molar-refractivity contribution is 6.35. The van der Waals surface area contributed by atoms with Crippen molar-refractivity contribution in [1.29, 1.82) is 10.5 Å². The average Bonchev–Trinajstić information content (AvgIpc) is 2.55. The van der Waals surface area contributed by atoms with E-state index >= 15 is 0 Å². The van der Waals surface area contributed by atoms with Crippen LogP contribution in [-0.2, 0) is 4.79 Å². The lowest BCUT2D eigenvalue weighted by Gasteiger charge is -2.07. The van der Waals surface area contributed by atoms with Crippen molar-refractivity contribution in [3.63, 3.8) is 0 Å². The maximum absolute atomic E-state index is 12.2. The van der Waals surface area contributed by atoms with E-state index in [4.69, 9.17) is 33.7 Å². The van der Waals surface area contributed by atoms with E-state index in [1.165, 1.54) is 6.20 Å². The van der Waals surface area contributed by atoms with Crippen LogP contribution in [0.2, 0.25) is 10.0 Å². The van der Waals surface area contributed by atoms with E-state index in [1.54, 1.807) is 48.5 Å². The molecule has 0 heterocycles. The minimum absolute atomic E-state index is 0.168. The molecular formula is C17H10Cl2N4O. The fourth-order valence-corrected chi connectivity index (χ4v) is 2.35. The van der Waals surface area contributed by atoms with Crippen LogP contribution in [-0.4, -0.2) is 5.91 Å². The summed E-state index contributed by atoms with van der Waals surface area (Å²) in [6.45, 7) is 0. The molecular weight excluding hydrogens is 347 g/mol. The summed E-state index contributed by atoms with van der Waals surface area (Å²) in [5.74, 6) is -0.638. The molecule has 0 aliphatic carbocycles. The maximum atomic E-state index is 12.2. The van der Waals surface area contributed by atoms with Crippen molar-refractivity contribution in [3.8, 4) is 12.1 Å². The highest BCUT2D eigenvalue weighted by atomic mass is 35.5. The molecule has 1 amide bonds. The van der Waals surface area contributed by atoms with E-state index in [-0.39, 0.29) is 5.57 Å². The molecule has 7 heteroatoms. The number of hydrogen-bond acceptors (Lipinski definition) is 4. The van der Waals surface area contributed by atoms with Gasteiger partial charge in [-0.2, -0.15) is 10.5 Å². The third-order valence-corrected chi connectivity index (χ3v) is 3.34. The Labute approximate surface area is 148 Å². The Kier molecular flexibility index (Phi) is 5.81. The van der Waals surface area contributed by atoms with Gasteiger partial charge in [0.1, 0.15) is 17.7 Å².